The molecule has 0 fully saturated rings. The number of ketones is 1. The topological polar surface area (TPSA) is 46.5 Å². The number of hydrogen-bond acceptors (Lipinski definition) is 3. The second-order valence-electron chi connectivity index (χ2n) is 6.28. The van der Waals surface area contributed by atoms with E-state index in [0.29, 0.717) is 18.8 Å². The number of unbranched alkanes of at least 4 members (excludes halogenated alkanes) is 5. The number of aromatic hydroxyl groups is 1. The van der Waals surface area contributed by atoms with Crippen molar-refractivity contribution in [3.63, 3.8) is 0 Å². The number of phenolic OH excluding ortho intramolecular Hbond substituents is 1. The van der Waals surface area contributed by atoms with E-state index in [2.05, 4.69) is 13.8 Å². The van der Waals surface area contributed by atoms with Crippen LogP contribution in [0.4, 0.5) is 0 Å². The molecule has 0 aliphatic rings. The largest absolute Gasteiger partial charge is 0.504 e. The summed E-state index contributed by atoms with van der Waals surface area (Å²) in [6.45, 7) is 4.90. The third-order valence-corrected chi connectivity index (χ3v) is 3.95. The molecular formula is C22H32O3. The molecule has 0 aliphatic heterocycles. The highest BCUT2D eigenvalue weighted by molar-refractivity contribution is 5.89. The van der Waals surface area contributed by atoms with Gasteiger partial charge in [-0.1, -0.05) is 70.2 Å². The van der Waals surface area contributed by atoms with E-state index < -0.39 is 0 Å². The lowest BCUT2D eigenvalue weighted by molar-refractivity contribution is -0.114. The predicted octanol–water partition coefficient (Wildman–Crippen LogP) is 6.07. The molecule has 1 rings (SSSR count). The van der Waals surface area contributed by atoms with E-state index in [1.807, 2.05) is 18.2 Å². The van der Waals surface area contributed by atoms with Crippen LogP contribution in [0.5, 0.6) is 11.5 Å². The fourth-order valence-electron chi connectivity index (χ4n) is 2.40. The molecule has 0 heterocycles. The van der Waals surface area contributed by atoms with Gasteiger partial charge in [0.2, 0.25) is 0 Å². The number of allylic oxidation sites excluding steroid dienone is 3. The van der Waals surface area contributed by atoms with Crippen molar-refractivity contribution in [2.45, 2.75) is 65.2 Å². The van der Waals surface area contributed by atoms with Gasteiger partial charge in [0.1, 0.15) is 0 Å². The van der Waals surface area contributed by atoms with Gasteiger partial charge in [0.05, 0.1) is 6.61 Å². The van der Waals surface area contributed by atoms with Crippen molar-refractivity contribution in [3.05, 3.63) is 42.0 Å². The second-order valence-corrected chi connectivity index (χ2v) is 6.28. The lowest BCUT2D eigenvalue weighted by Crippen LogP contribution is -1.96. The summed E-state index contributed by atoms with van der Waals surface area (Å²) in [5, 5.41) is 9.96. The molecule has 1 aromatic carbocycles. The van der Waals surface area contributed by atoms with E-state index in [-0.39, 0.29) is 11.5 Å². The molecule has 0 aliphatic carbocycles. The van der Waals surface area contributed by atoms with Crippen molar-refractivity contribution in [1.29, 1.82) is 0 Å². The van der Waals surface area contributed by atoms with Crippen molar-refractivity contribution in [2.24, 2.45) is 0 Å². The first-order valence-corrected chi connectivity index (χ1v) is 9.50. The Morgan fingerprint density at radius 3 is 2.52 bits per heavy atom. The Kier molecular flexibility index (Phi) is 11.2. The van der Waals surface area contributed by atoms with Crippen LogP contribution in [0.3, 0.4) is 0 Å². The fourth-order valence-corrected chi connectivity index (χ4v) is 2.40. The minimum absolute atomic E-state index is 0.144. The van der Waals surface area contributed by atoms with Gasteiger partial charge in [-0.05, 0) is 36.6 Å². The number of carbonyl (C=O) groups is 1. The van der Waals surface area contributed by atoms with Gasteiger partial charge in [-0.15, -0.1) is 0 Å². The average Bonchev–Trinajstić information content (AvgIpc) is 2.60. The molecule has 3 nitrogen and oxygen atoms in total. The van der Waals surface area contributed by atoms with Crippen molar-refractivity contribution in [3.8, 4) is 11.5 Å². The Hall–Kier alpha value is -2.03. The van der Waals surface area contributed by atoms with Crippen molar-refractivity contribution < 1.29 is 14.6 Å². The zero-order valence-electron chi connectivity index (χ0n) is 15.7. The molecule has 0 saturated heterocycles. The maximum atomic E-state index is 11.7. The van der Waals surface area contributed by atoms with Gasteiger partial charge in [-0.2, -0.15) is 0 Å². The van der Waals surface area contributed by atoms with Crippen molar-refractivity contribution in [1.82, 2.24) is 0 Å². The number of hydrogen-bond donors (Lipinski definition) is 1. The van der Waals surface area contributed by atoms with Gasteiger partial charge in [0.25, 0.3) is 0 Å². The summed E-state index contributed by atoms with van der Waals surface area (Å²) in [6.07, 6.45) is 15.5. The smallest absolute Gasteiger partial charge is 0.160 e. The molecule has 0 aromatic heterocycles. The molecule has 25 heavy (non-hydrogen) atoms. The van der Waals surface area contributed by atoms with Crippen molar-refractivity contribution in [2.75, 3.05) is 6.61 Å². The second kappa shape index (κ2) is 13.3. The molecule has 0 radical (unpaired) electrons. The minimum Gasteiger partial charge on any atom is -0.504 e. The van der Waals surface area contributed by atoms with Gasteiger partial charge in [-0.3, -0.25) is 4.79 Å². The normalized spacial score (nSPS) is 11.4. The lowest BCUT2D eigenvalue weighted by Gasteiger charge is -2.07. The Labute approximate surface area is 152 Å². The predicted molar refractivity (Wildman–Crippen MR) is 105 cm³/mol. The summed E-state index contributed by atoms with van der Waals surface area (Å²) in [7, 11) is 0. The quantitative estimate of drug-likeness (QED) is 0.268. The zero-order valence-corrected chi connectivity index (χ0v) is 15.7. The van der Waals surface area contributed by atoms with Crippen LogP contribution in [0.2, 0.25) is 0 Å². The molecule has 0 amide bonds. The van der Waals surface area contributed by atoms with E-state index in [1.54, 1.807) is 24.3 Å². The van der Waals surface area contributed by atoms with E-state index in [1.165, 1.54) is 19.3 Å². The van der Waals surface area contributed by atoms with Gasteiger partial charge >= 0.3 is 0 Å². The number of benzene rings is 1. The SMILES string of the molecule is CCCCCCCC(=O)C=CC=Cc1ccc(OCCCC)c(O)c1. The van der Waals surface area contributed by atoms with Crippen LogP contribution >= 0.6 is 0 Å². The van der Waals surface area contributed by atoms with Crippen LogP contribution in [-0.4, -0.2) is 17.5 Å². The van der Waals surface area contributed by atoms with Crippen molar-refractivity contribution >= 4 is 11.9 Å². The number of carbonyl (C=O) groups excluding carboxylic acids is 1. The highest BCUT2D eigenvalue weighted by Crippen LogP contribution is 2.27. The molecule has 0 unspecified atom stereocenters. The maximum absolute atomic E-state index is 11.7. The number of rotatable bonds is 13. The summed E-state index contributed by atoms with van der Waals surface area (Å²) >= 11 is 0. The third kappa shape index (κ3) is 9.75. The summed E-state index contributed by atoms with van der Waals surface area (Å²) < 4.78 is 5.52. The first kappa shape index (κ1) is 21.0. The van der Waals surface area contributed by atoms with Crippen LogP contribution in [0, 0.1) is 0 Å². The monoisotopic (exact) mass is 344 g/mol. The van der Waals surface area contributed by atoms with Gasteiger partial charge < -0.3 is 9.84 Å². The molecule has 0 atom stereocenters. The van der Waals surface area contributed by atoms with E-state index >= 15 is 0 Å². The molecule has 0 bridgehead atoms. The molecule has 138 valence electrons. The molecule has 0 spiro atoms. The van der Waals surface area contributed by atoms with E-state index in [9.17, 15) is 9.90 Å². The minimum atomic E-state index is 0.144. The van der Waals surface area contributed by atoms with Gasteiger partial charge in [0, 0.05) is 6.42 Å². The molecule has 1 N–H and O–H groups in total. The Morgan fingerprint density at radius 2 is 1.80 bits per heavy atom. The highest BCUT2D eigenvalue weighted by atomic mass is 16.5. The van der Waals surface area contributed by atoms with Crippen LogP contribution in [0.15, 0.2) is 36.4 Å². The lowest BCUT2D eigenvalue weighted by atomic mass is 10.1. The summed E-state index contributed by atoms with van der Waals surface area (Å²) in [5.74, 6) is 0.827. The van der Waals surface area contributed by atoms with Crippen LogP contribution in [-0.2, 0) is 4.79 Å². The maximum Gasteiger partial charge on any atom is 0.160 e. The first-order chi connectivity index (χ1) is 12.2. The standard InChI is InChI=1S/C22H32O3/c1-3-5-7-8-9-13-20(23)14-11-10-12-19-15-16-22(21(24)18-19)25-17-6-4-2/h10-12,14-16,18,24H,3-9,13,17H2,1-2H3. The molecular weight excluding hydrogens is 312 g/mol. The molecule has 3 heteroatoms. The van der Waals surface area contributed by atoms with Gasteiger partial charge in [-0.25, -0.2) is 0 Å². The van der Waals surface area contributed by atoms with Gasteiger partial charge in [0.15, 0.2) is 17.3 Å². The Balaban J connectivity index is 2.37. The summed E-state index contributed by atoms with van der Waals surface area (Å²) in [5.41, 5.74) is 0.872. The fraction of sp³-hybridized carbons (Fsp3) is 0.500. The average molecular weight is 344 g/mol. The van der Waals surface area contributed by atoms with Crippen LogP contribution in [0.1, 0.15) is 70.8 Å². The van der Waals surface area contributed by atoms with E-state index in [4.69, 9.17) is 4.74 Å². The first-order valence-electron chi connectivity index (χ1n) is 9.50. The Bertz CT molecular complexity index is 558. The van der Waals surface area contributed by atoms with Crippen LogP contribution in [0.25, 0.3) is 6.08 Å². The Morgan fingerprint density at radius 1 is 1.04 bits per heavy atom. The number of ether oxygens (including phenoxy) is 1. The zero-order chi connectivity index (χ0) is 18.3. The van der Waals surface area contributed by atoms with Crippen LogP contribution < -0.4 is 4.74 Å². The number of phenols is 1. The highest BCUT2D eigenvalue weighted by Gasteiger charge is 2.02. The third-order valence-electron chi connectivity index (χ3n) is 3.95. The summed E-state index contributed by atoms with van der Waals surface area (Å²) in [6, 6.07) is 5.33. The molecule has 0 saturated carbocycles. The van der Waals surface area contributed by atoms with E-state index in [0.717, 1.165) is 31.2 Å². The molecule has 1 aromatic rings. The summed E-state index contributed by atoms with van der Waals surface area (Å²) in [4.78, 5) is 11.7.